The first-order valence-electron chi connectivity index (χ1n) is 9.33. The molecule has 5 nitrogen and oxygen atoms in total. The number of ether oxygens (including phenoxy) is 1. The summed E-state index contributed by atoms with van der Waals surface area (Å²) in [6.45, 7) is 3.49. The molecule has 0 bridgehead atoms. The van der Waals surface area contributed by atoms with Crippen molar-refractivity contribution in [1.29, 1.82) is 0 Å². The van der Waals surface area contributed by atoms with Gasteiger partial charge in [0.25, 0.3) is 0 Å². The first-order valence-corrected chi connectivity index (χ1v) is 9.33. The van der Waals surface area contributed by atoms with Crippen molar-refractivity contribution < 1.29 is 22.7 Å². The van der Waals surface area contributed by atoms with Crippen LogP contribution in [0.4, 0.5) is 30.2 Å². The van der Waals surface area contributed by atoms with E-state index in [4.69, 9.17) is 4.74 Å². The lowest BCUT2D eigenvalue weighted by molar-refractivity contribution is -0.137. The smallest absolute Gasteiger partial charge is 0.378 e. The number of halogens is 3. The molecule has 2 heterocycles. The monoisotopic (exact) mass is 403 g/mol. The van der Waals surface area contributed by atoms with E-state index < -0.39 is 17.7 Å². The van der Waals surface area contributed by atoms with E-state index in [9.17, 15) is 18.0 Å². The highest BCUT2D eigenvalue weighted by Gasteiger charge is 2.36. The summed E-state index contributed by atoms with van der Waals surface area (Å²) in [6.07, 6.45) is -3.09. The summed E-state index contributed by atoms with van der Waals surface area (Å²) in [5.74, 6) is -0.863. The highest BCUT2D eigenvalue weighted by atomic mass is 19.4. The highest BCUT2D eigenvalue weighted by Crippen LogP contribution is 2.39. The molecule has 0 saturated carbocycles. The lowest BCUT2D eigenvalue weighted by Crippen LogP contribution is -2.37. The number of hydrogen-bond acceptors (Lipinski definition) is 4. The predicted molar refractivity (Wildman–Crippen MR) is 105 cm³/mol. The zero-order valence-corrected chi connectivity index (χ0v) is 15.8. The molecule has 2 aliphatic rings. The average Bonchev–Trinajstić information content (AvgIpc) is 3.02. The van der Waals surface area contributed by atoms with Crippen LogP contribution in [0.15, 0.2) is 41.4 Å². The van der Waals surface area contributed by atoms with Crippen LogP contribution >= 0.6 is 0 Å². The quantitative estimate of drug-likeness (QED) is 0.778. The number of nitrogens with zero attached hydrogens (tertiary/aromatic N) is 2. The van der Waals surface area contributed by atoms with Gasteiger partial charge >= 0.3 is 6.18 Å². The Morgan fingerprint density at radius 1 is 1.21 bits per heavy atom. The van der Waals surface area contributed by atoms with Gasteiger partial charge in [0.2, 0.25) is 5.91 Å². The topological polar surface area (TPSA) is 53.9 Å². The fourth-order valence-corrected chi connectivity index (χ4v) is 3.76. The maximum Gasteiger partial charge on any atom is 0.418 e. The number of rotatable bonds is 3. The molecule has 0 aliphatic carbocycles. The Balaban J connectivity index is 1.65. The maximum absolute atomic E-state index is 13.7. The molecule has 4 rings (SSSR count). The second-order valence-corrected chi connectivity index (χ2v) is 7.08. The number of carbonyl (C=O) groups is 1. The minimum Gasteiger partial charge on any atom is -0.378 e. The third-order valence-corrected chi connectivity index (χ3v) is 5.19. The van der Waals surface area contributed by atoms with Crippen LogP contribution in [-0.2, 0) is 15.7 Å². The Kier molecular flexibility index (Phi) is 5.04. The molecule has 1 atom stereocenters. The molecule has 1 N–H and O–H groups in total. The van der Waals surface area contributed by atoms with Crippen molar-refractivity contribution in [3.8, 4) is 0 Å². The molecule has 8 heteroatoms. The van der Waals surface area contributed by atoms with Gasteiger partial charge in [0.15, 0.2) is 0 Å². The number of aliphatic imine (C=N–C) groups is 1. The van der Waals surface area contributed by atoms with E-state index in [2.05, 4.69) is 10.3 Å². The first-order chi connectivity index (χ1) is 13.8. The lowest BCUT2D eigenvalue weighted by atomic mass is 9.97. The number of aryl methyl sites for hydroxylation is 1. The van der Waals surface area contributed by atoms with Crippen molar-refractivity contribution in [1.82, 2.24) is 0 Å². The summed E-state index contributed by atoms with van der Waals surface area (Å²) < 4.78 is 46.2. The van der Waals surface area contributed by atoms with Gasteiger partial charge in [0.1, 0.15) is 5.92 Å². The first kappa shape index (κ1) is 19.4. The standard InChI is InChI=1S/C21H20F3N3O2/c1-13-3-2-4-17-19(13)15(20(28)26-17)12-25-14-5-6-18(16(11-14)21(22,23)24)27-7-9-29-10-8-27/h2-6,11-12,15H,7-10H2,1H3,(H,26,28). The van der Waals surface area contributed by atoms with Crippen LogP contribution < -0.4 is 10.2 Å². The molecule has 0 aromatic heterocycles. The SMILES string of the molecule is Cc1cccc2c1C(C=Nc1ccc(N3CCOCC3)c(C(F)(F)F)c1)C(=O)N2. The van der Waals surface area contributed by atoms with Crippen LogP contribution in [-0.4, -0.2) is 38.4 Å². The second kappa shape index (κ2) is 7.51. The third-order valence-electron chi connectivity index (χ3n) is 5.19. The average molecular weight is 403 g/mol. The van der Waals surface area contributed by atoms with Gasteiger partial charge in [-0.1, -0.05) is 12.1 Å². The summed E-state index contributed by atoms with van der Waals surface area (Å²) in [4.78, 5) is 18.2. The number of hydrogen-bond donors (Lipinski definition) is 1. The van der Waals surface area contributed by atoms with E-state index in [-0.39, 0.29) is 17.3 Å². The number of anilines is 2. The molecule has 1 fully saturated rings. The molecule has 0 radical (unpaired) electrons. The van der Waals surface area contributed by atoms with E-state index in [0.29, 0.717) is 32.0 Å². The van der Waals surface area contributed by atoms with Gasteiger partial charge in [-0.15, -0.1) is 0 Å². The van der Waals surface area contributed by atoms with Crippen molar-refractivity contribution >= 4 is 29.2 Å². The van der Waals surface area contributed by atoms with E-state index in [1.54, 1.807) is 17.0 Å². The van der Waals surface area contributed by atoms with E-state index in [0.717, 1.165) is 17.2 Å². The van der Waals surface area contributed by atoms with Crippen LogP contribution in [0, 0.1) is 6.92 Å². The number of carbonyl (C=O) groups excluding carboxylic acids is 1. The minimum absolute atomic E-state index is 0.125. The molecule has 29 heavy (non-hydrogen) atoms. The van der Waals surface area contributed by atoms with Crippen molar-refractivity contribution in [3.63, 3.8) is 0 Å². The fraction of sp³-hybridized carbons (Fsp3) is 0.333. The Labute approximate surface area is 166 Å². The summed E-state index contributed by atoms with van der Waals surface area (Å²) in [5.41, 5.74) is 1.99. The highest BCUT2D eigenvalue weighted by molar-refractivity contribution is 6.13. The van der Waals surface area contributed by atoms with E-state index >= 15 is 0 Å². The summed E-state index contributed by atoms with van der Waals surface area (Å²) in [5, 5.41) is 2.78. The third kappa shape index (κ3) is 3.85. The fourth-order valence-electron chi connectivity index (χ4n) is 3.76. The molecular formula is C21H20F3N3O2. The van der Waals surface area contributed by atoms with Gasteiger partial charge in [-0.05, 0) is 42.3 Å². The van der Waals surface area contributed by atoms with Gasteiger partial charge in [0, 0.05) is 30.7 Å². The number of amides is 1. The Bertz CT molecular complexity index is 966. The Morgan fingerprint density at radius 3 is 2.69 bits per heavy atom. The van der Waals surface area contributed by atoms with Crippen LogP contribution in [0.2, 0.25) is 0 Å². The van der Waals surface area contributed by atoms with Gasteiger partial charge in [-0.2, -0.15) is 13.2 Å². The van der Waals surface area contributed by atoms with Crippen molar-refractivity contribution in [2.45, 2.75) is 19.0 Å². The summed E-state index contributed by atoms with van der Waals surface area (Å²) in [7, 11) is 0. The molecule has 0 spiro atoms. The molecule has 1 saturated heterocycles. The van der Waals surface area contributed by atoms with E-state index in [1.807, 2.05) is 19.1 Å². The van der Waals surface area contributed by atoms with Crippen molar-refractivity contribution in [3.05, 3.63) is 53.1 Å². The number of nitrogens with one attached hydrogen (secondary N) is 1. The van der Waals surface area contributed by atoms with Crippen LogP contribution in [0.5, 0.6) is 0 Å². The molecule has 2 aromatic carbocycles. The molecule has 2 aromatic rings. The normalized spacial score (nSPS) is 19.5. The predicted octanol–water partition coefficient (Wildman–Crippen LogP) is 4.29. The number of alkyl halides is 3. The van der Waals surface area contributed by atoms with Crippen molar-refractivity contribution in [2.24, 2.45) is 4.99 Å². The van der Waals surface area contributed by atoms with Crippen LogP contribution in [0.1, 0.15) is 22.6 Å². The second-order valence-electron chi connectivity index (χ2n) is 7.08. The Hall–Kier alpha value is -2.87. The summed E-state index contributed by atoms with van der Waals surface area (Å²) in [6, 6.07) is 9.55. The summed E-state index contributed by atoms with van der Waals surface area (Å²) >= 11 is 0. The lowest BCUT2D eigenvalue weighted by Gasteiger charge is -2.31. The van der Waals surface area contributed by atoms with Gasteiger partial charge in [0.05, 0.1) is 24.5 Å². The van der Waals surface area contributed by atoms with Crippen LogP contribution in [0.3, 0.4) is 0 Å². The zero-order chi connectivity index (χ0) is 20.6. The molecule has 1 unspecified atom stereocenters. The Morgan fingerprint density at radius 2 is 1.97 bits per heavy atom. The molecule has 152 valence electrons. The zero-order valence-electron chi connectivity index (χ0n) is 15.8. The van der Waals surface area contributed by atoms with Gasteiger partial charge in [-0.3, -0.25) is 9.79 Å². The minimum atomic E-state index is -4.51. The largest absolute Gasteiger partial charge is 0.418 e. The van der Waals surface area contributed by atoms with Crippen molar-refractivity contribution in [2.75, 3.05) is 36.5 Å². The van der Waals surface area contributed by atoms with Gasteiger partial charge in [-0.25, -0.2) is 0 Å². The number of benzene rings is 2. The van der Waals surface area contributed by atoms with Gasteiger partial charge < -0.3 is 15.0 Å². The maximum atomic E-state index is 13.7. The number of morpholine rings is 1. The molecule has 2 aliphatic heterocycles. The van der Waals surface area contributed by atoms with Crippen LogP contribution in [0.25, 0.3) is 0 Å². The molecular weight excluding hydrogens is 383 g/mol. The van der Waals surface area contributed by atoms with E-state index in [1.165, 1.54) is 12.3 Å². The number of fused-ring (bicyclic) bond motifs is 1. The molecule has 1 amide bonds.